The molecule has 0 N–H and O–H groups in total. The van der Waals surface area contributed by atoms with Gasteiger partial charge in [0.15, 0.2) is 0 Å². The minimum absolute atomic E-state index is 0.0153. The molecule has 7 heteroatoms. The second kappa shape index (κ2) is 4.46. The lowest BCUT2D eigenvalue weighted by atomic mass is 10.1. The lowest BCUT2D eigenvalue weighted by Gasteiger charge is -2.14. The molecule has 0 aliphatic rings. The van der Waals surface area contributed by atoms with E-state index in [0.29, 0.717) is 12.1 Å². The summed E-state index contributed by atoms with van der Waals surface area (Å²) in [5, 5.41) is 0. The molecule has 96 valence electrons. The van der Waals surface area contributed by atoms with Crippen molar-refractivity contribution in [1.29, 1.82) is 0 Å². The van der Waals surface area contributed by atoms with Crippen LogP contribution in [0.15, 0.2) is 18.2 Å². The Labute approximate surface area is 93.0 Å². The molecule has 1 nitrogen and oxygen atoms in total. The summed E-state index contributed by atoms with van der Waals surface area (Å²) in [6, 6.07) is 1.14. The predicted molar refractivity (Wildman–Crippen MR) is 47.6 cm³/mol. The zero-order valence-corrected chi connectivity index (χ0v) is 8.62. The van der Waals surface area contributed by atoms with E-state index >= 15 is 0 Å². The van der Waals surface area contributed by atoms with Crippen LogP contribution >= 0.6 is 0 Å². The van der Waals surface area contributed by atoms with Crippen LogP contribution in [0.3, 0.4) is 0 Å². The van der Waals surface area contributed by atoms with Crippen molar-refractivity contribution >= 4 is 0 Å². The maximum Gasteiger partial charge on any atom is 0.416 e. The average Bonchev–Trinajstić information content (AvgIpc) is 2.15. The lowest BCUT2D eigenvalue weighted by Crippen LogP contribution is -2.11. The summed E-state index contributed by atoms with van der Waals surface area (Å²) in [7, 11) is 0. The van der Waals surface area contributed by atoms with Crippen LogP contribution < -0.4 is 4.74 Å². The van der Waals surface area contributed by atoms with E-state index in [2.05, 4.69) is 4.74 Å². The molecule has 1 aromatic rings. The van der Waals surface area contributed by atoms with Gasteiger partial charge >= 0.3 is 12.4 Å². The van der Waals surface area contributed by atoms with E-state index in [1.54, 1.807) is 0 Å². The first kappa shape index (κ1) is 13.7. The summed E-state index contributed by atoms with van der Waals surface area (Å²) in [5.41, 5.74) is -2.76. The Balaban J connectivity index is 3.29. The van der Waals surface area contributed by atoms with Gasteiger partial charge in [0, 0.05) is 0 Å². The van der Waals surface area contributed by atoms with E-state index in [1.807, 2.05) is 0 Å². The molecule has 1 rings (SSSR count). The molecule has 0 aliphatic carbocycles. The first-order valence-electron chi connectivity index (χ1n) is 4.57. The van der Waals surface area contributed by atoms with Crippen LogP contribution in [-0.4, -0.2) is 6.61 Å². The molecule has 0 bridgehead atoms. The van der Waals surface area contributed by atoms with Crippen molar-refractivity contribution in [1.82, 2.24) is 0 Å². The molecule has 0 saturated carbocycles. The molecule has 17 heavy (non-hydrogen) atoms. The molecule has 0 heterocycles. The van der Waals surface area contributed by atoms with Gasteiger partial charge in [0.05, 0.1) is 17.7 Å². The number of benzene rings is 1. The third-order valence-corrected chi connectivity index (χ3v) is 1.87. The highest BCUT2D eigenvalue weighted by Gasteiger charge is 2.37. The molecule has 0 unspecified atom stereocenters. The zero-order valence-electron chi connectivity index (χ0n) is 8.62. The third kappa shape index (κ3) is 3.54. The van der Waals surface area contributed by atoms with Gasteiger partial charge in [-0.1, -0.05) is 0 Å². The third-order valence-electron chi connectivity index (χ3n) is 1.87. The Kier molecular flexibility index (Phi) is 3.59. The maximum absolute atomic E-state index is 12.4. The zero-order chi connectivity index (χ0) is 13.3. The Morgan fingerprint density at radius 1 is 0.882 bits per heavy atom. The number of rotatable bonds is 2. The average molecular weight is 258 g/mol. The van der Waals surface area contributed by atoms with Gasteiger partial charge in [-0.05, 0) is 25.1 Å². The van der Waals surface area contributed by atoms with E-state index in [-0.39, 0.29) is 12.7 Å². The van der Waals surface area contributed by atoms with Gasteiger partial charge in [-0.3, -0.25) is 0 Å². The van der Waals surface area contributed by atoms with Crippen LogP contribution in [0, 0.1) is 0 Å². The topological polar surface area (TPSA) is 9.23 Å². The lowest BCUT2D eigenvalue weighted by molar-refractivity contribution is -0.143. The van der Waals surface area contributed by atoms with Crippen molar-refractivity contribution in [3.05, 3.63) is 29.3 Å². The van der Waals surface area contributed by atoms with Crippen LogP contribution in [-0.2, 0) is 12.4 Å². The molecule has 0 aliphatic heterocycles. The predicted octanol–water partition coefficient (Wildman–Crippen LogP) is 4.12. The SMILES string of the molecule is CCOc1cc(C(F)(F)F)cc(C(F)(F)F)c1. The van der Waals surface area contributed by atoms with Gasteiger partial charge in [-0.2, -0.15) is 26.3 Å². The molecule has 0 amide bonds. The van der Waals surface area contributed by atoms with Crippen LogP contribution in [0.5, 0.6) is 5.75 Å². The molecular weight excluding hydrogens is 250 g/mol. The van der Waals surface area contributed by atoms with Gasteiger partial charge in [-0.15, -0.1) is 0 Å². The molecular formula is C10H8F6O. The van der Waals surface area contributed by atoms with Crippen molar-refractivity contribution < 1.29 is 31.1 Å². The summed E-state index contributed by atoms with van der Waals surface area (Å²) in [4.78, 5) is 0. The fraction of sp³-hybridized carbons (Fsp3) is 0.400. The standard InChI is InChI=1S/C10H8F6O/c1-2-17-8-4-6(9(11,12)13)3-7(5-8)10(14,15)16/h3-5H,2H2,1H3. The number of hydrogen-bond acceptors (Lipinski definition) is 1. The Morgan fingerprint density at radius 2 is 1.29 bits per heavy atom. The number of ether oxygens (including phenoxy) is 1. The van der Waals surface area contributed by atoms with E-state index in [0.717, 1.165) is 0 Å². The summed E-state index contributed by atoms with van der Waals surface area (Å²) in [5.74, 6) is -0.449. The highest BCUT2D eigenvalue weighted by molar-refractivity contribution is 5.37. The second-order valence-electron chi connectivity index (χ2n) is 3.17. The highest BCUT2D eigenvalue weighted by Crippen LogP contribution is 2.38. The monoisotopic (exact) mass is 258 g/mol. The van der Waals surface area contributed by atoms with E-state index in [4.69, 9.17) is 0 Å². The van der Waals surface area contributed by atoms with E-state index in [1.165, 1.54) is 6.92 Å². The normalized spacial score (nSPS) is 12.6. The van der Waals surface area contributed by atoms with Crippen molar-refractivity contribution in [2.45, 2.75) is 19.3 Å². The van der Waals surface area contributed by atoms with E-state index in [9.17, 15) is 26.3 Å². The summed E-state index contributed by atoms with van der Waals surface area (Å²) in [6.07, 6.45) is -9.68. The first-order chi connectivity index (χ1) is 7.64. The summed E-state index contributed by atoms with van der Waals surface area (Å²) in [6.45, 7) is 1.45. The van der Waals surface area contributed by atoms with Crippen LogP contribution in [0.1, 0.15) is 18.1 Å². The van der Waals surface area contributed by atoms with Crippen molar-refractivity contribution in [3.63, 3.8) is 0 Å². The Bertz CT molecular complexity index is 361. The van der Waals surface area contributed by atoms with Crippen molar-refractivity contribution in [2.75, 3.05) is 6.61 Å². The van der Waals surface area contributed by atoms with Gasteiger partial charge in [0.1, 0.15) is 5.75 Å². The van der Waals surface area contributed by atoms with Crippen LogP contribution in [0.25, 0.3) is 0 Å². The van der Waals surface area contributed by atoms with Crippen molar-refractivity contribution in [3.8, 4) is 5.75 Å². The minimum Gasteiger partial charge on any atom is -0.494 e. The number of hydrogen-bond donors (Lipinski definition) is 0. The highest BCUT2D eigenvalue weighted by atomic mass is 19.4. The molecule has 0 atom stereocenters. The second-order valence-corrected chi connectivity index (χ2v) is 3.17. The maximum atomic E-state index is 12.4. The first-order valence-corrected chi connectivity index (χ1v) is 4.57. The molecule has 0 aromatic heterocycles. The molecule has 0 spiro atoms. The van der Waals surface area contributed by atoms with Gasteiger partial charge in [0.25, 0.3) is 0 Å². The summed E-state index contributed by atoms with van der Waals surface area (Å²) >= 11 is 0. The molecule has 0 fully saturated rings. The largest absolute Gasteiger partial charge is 0.494 e. The molecule has 0 radical (unpaired) electrons. The Hall–Kier alpha value is -1.40. The van der Waals surface area contributed by atoms with Gasteiger partial charge < -0.3 is 4.74 Å². The smallest absolute Gasteiger partial charge is 0.416 e. The quantitative estimate of drug-likeness (QED) is 0.725. The molecule has 0 saturated heterocycles. The fourth-order valence-electron chi connectivity index (χ4n) is 1.18. The molecule has 1 aromatic carbocycles. The fourth-order valence-corrected chi connectivity index (χ4v) is 1.18. The van der Waals surface area contributed by atoms with Crippen molar-refractivity contribution in [2.24, 2.45) is 0 Å². The van der Waals surface area contributed by atoms with Gasteiger partial charge in [-0.25, -0.2) is 0 Å². The summed E-state index contributed by atoms with van der Waals surface area (Å²) < 4.78 is 78.8. The van der Waals surface area contributed by atoms with Gasteiger partial charge in [0.2, 0.25) is 0 Å². The Morgan fingerprint density at radius 3 is 1.59 bits per heavy atom. The van der Waals surface area contributed by atoms with Crippen LogP contribution in [0.4, 0.5) is 26.3 Å². The number of halogens is 6. The van der Waals surface area contributed by atoms with Crippen LogP contribution in [0.2, 0.25) is 0 Å². The number of alkyl halides is 6. The van der Waals surface area contributed by atoms with E-state index < -0.39 is 29.2 Å². The minimum atomic E-state index is -4.84.